The zero-order valence-electron chi connectivity index (χ0n) is 17.6. The molecule has 0 unspecified atom stereocenters. The van der Waals surface area contributed by atoms with Crippen molar-refractivity contribution < 1.29 is 37.1 Å². The second-order valence-corrected chi connectivity index (χ2v) is 8.37. The Morgan fingerprint density at radius 2 is 2.00 bits per heavy atom. The van der Waals surface area contributed by atoms with Crippen molar-refractivity contribution in [3.63, 3.8) is 0 Å². The quantitative estimate of drug-likeness (QED) is 0.181. The number of pyridine rings is 3. The number of nitrogens with two attached hydrogens (primary N) is 1. The van der Waals surface area contributed by atoms with E-state index in [4.69, 9.17) is 24.8 Å². The van der Waals surface area contributed by atoms with E-state index in [2.05, 4.69) is 19.6 Å². The number of halogens is 1. The molecule has 0 saturated carbocycles. The van der Waals surface area contributed by atoms with Crippen LogP contribution in [0.15, 0.2) is 65.6 Å². The van der Waals surface area contributed by atoms with Gasteiger partial charge in [-0.2, -0.15) is 4.39 Å². The molecule has 0 fully saturated rings. The number of nitrogen functional groups attached to an aromatic ring is 1. The van der Waals surface area contributed by atoms with Crippen LogP contribution in [0, 0.1) is 5.95 Å². The average Bonchev–Trinajstić information content (AvgIpc) is 3.25. The second-order valence-electron chi connectivity index (χ2n) is 7.13. The Hall–Kier alpha value is -3.70. The fourth-order valence-electron chi connectivity index (χ4n) is 3.11. The molecular weight excluding hydrogens is 468 g/mol. The molecule has 4 aromatic rings. The van der Waals surface area contributed by atoms with Crippen molar-refractivity contribution in [2.24, 2.45) is 0 Å². The molecule has 0 aliphatic rings. The van der Waals surface area contributed by atoms with Crippen molar-refractivity contribution in [2.45, 2.75) is 19.8 Å². The van der Waals surface area contributed by atoms with Crippen molar-refractivity contribution in [3.8, 4) is 17.2 Å². The van der Waals surface area contributed by atoms with E-state index in [-0.39, 0.29) is 12.4 Å². The predicted octanol–water partition coefficient (Wildman–Crippen LogP) is 2.38. The third-order valence-corrected chi connectivity index (χ3v) is 5.15. The predicted molar refractivity (Wildman–Crippen MR) is 115 cm³/mol. The molecular formula is C21H20FN5O6P+. The molecule has 0 radical (unpaired) electrons. The summed E-state index contributed by atoms with van der Waals surface area (Å²) in [6.07, 6.45) is 5.13. The highest BCUT2D eigenvalue weighted by Crippen LogP contribution is 2.36. The van der Waals surface area contributed by atoms with E-state index in [1.807, 2.05) is 6.07 Å². The first-order valence-electron chi connectivity index (χ1n) is 9.89. The lowest BCUT2D eigenvalue weighted by molar-refractivity contribution is -0.711. The van der Waals surface area contributed by atoms with E-state index in [0.717, 1.165) is 11.1 Å². The minimum atomic E-state index is -4.66. The van der Waals surface area contributed by atoms with E-state index in [0.29, 0.717) is 29.3 Å². The summed E-state index contributed by atoms with van der Waals surface area (Å²) in [6.45, 7) is -0.358. The molecule has 4 N–H and O–H groups in total. The minimum Gasteiger partial charge on any atom is -0.471 e. The number of aromatic nitrogens is 4. The maximum absolute atomic E-state index is 13.2. The lowest BCUT2D eigenvalue weighted by Crippen LogP contribution is -2.38. The van der Waals surface area contributed by atoms with Gasteiger partial charge in [-0.25, -0.2) is 23.6 Å². The van der Waals surface area contributed by atoms with E-state index in [1.165, 1.54) is 16.8 Å². The fourth-order valence-corrected chi connectivity index (χ4v) is 3.39. The number of phosphoric ester groups is 1. The highest BCUT2D eigenvalue weighted by Gasteiger charge is 2.22. The van der Waals surface area contributed by atoms with Crippen LogP contribution in [0.5, 0.6) is 5.88 Å². The lowest BCUT2D eigenvalue weighted by Gasteiger charge is -2.08. The van der Waals surface area contributed by atoms with Gasteiger partial charge in [-0.1, -0.05) is 17.3 Å². The standard InChI is InChI=1S/C21H19FN5O6P/c22-18-5-1-3-16(26-18)12-31-19-7-6-14(10-24-19)9-15-11-25-33-20(15)17-4-2-8-27(21(17)23)13-32-34(28,29)30/h1-8,10-11,23H,9,12-13H2,(H2,28,29,30)/p+1. The number of phosphoric acid groups is 1. The third kappa shape index (κ3) is 6.00. The molecule has 0 aliphatic heterocycles. The Balaban J connectivity index is 1.46. The van der Waals surface area contributed by atoms with Crippen LogP contribution in [0.25, 0.3) is 11.3 Å². The van der Waals surface area contributed by atoms with Gasteiger partial charge in [-0.05, 0) is 29.8 Å². The summed E-state index contributed by atoms with van der Waals surface area (Å²) in [4.78, 5) is 25.9. The Labute approximate surface area is 192 Å². The first-order valence-corrected chi connectivity index (χ1v) is 11.4. The van der Waals surface area contributed by atoms with Crippen LogP contribution in [-0.4, -0.2) is 24.9 Å². The first kappa shape index (κ1) is 23.5. The first-order chi connectivity index (χ1) is 16.3. The summed E-state index contributed by atoms with van der Waals surface area (Å²) in [6, 6.07) is 11.3. The fraction of sp³-hybridized carbons (Fsp3) is 0.143. The van der Waals surface area contributed by atoms with Gasteiger partial charge < -0.3 is 19.0 Å². The molecule has 0 atom stereocenters. The highest BCUT2D eigenvalue weighted by molar-refractivity contribution is 7.46. The summed E-state index contributed by atoms with van der Waals surface area (Å²) in [7, 11) is -4.66. The van der Waals surface area contributed by atoms with Crippen LogP contribution in [-0.2, 0) is 28.8 Å². The molecule has 11 nitrogen and oxygen atoms in total. The van der Waals surface area contributed by atoms with Crippen molar-refractivity contribution in [1.29, 1.82) is 0 Å². The average molecular weight is 488 g/mol. The molecule has 176 valence electrons. The molecule has 13 heteroatoms. The summed E-state index contributed by atoms with van der Waals surface area (Å²) >= 11 is 0. The number of hydrogen-bond acceptors (Lipinski definition) is 8. The molecule has 0 aliphatic carbocycles. The summed E-state index contributed by atoms with van der Waals surface area (Å²) in [5, 5.41) is 3.86. The van der Waals surface area contributed by atoms with E-state index in [1.54, 1.807) is 42.7 Å². The smallest absolute Gasteiger partial charge is 0.471 e. The monoisotopic (exact) mass is 488 g/mol. The zero-order valence-corrected chi connectivity index (χ0v) is 18.5. The van der Waals surface area contributed by atoms with E-state index < -0.39 is 20.5 Å². The molecule has 0 bridgehead atoms. The van der Waals surface area contributed by atoms with Crippen molar-refractivity contribution in [3.05, 3.63) is 83.8 Å². The molecule has 4 heterocycles. The van der Waals surface area contributed by atoms with Gasteiger partial charge in [0.05, 0.1) is 18.1 Å². The minimum absolute atomic E-state index is 0.0823. The lowest BCUT2D eigenvalue weighted by atomic mass is 10.0. The van der Waals surface area contributed by atoms with Crippen molar-refractivity contribution in [2.75, 3.05) is 5.73 Å². The maximum Gasteiger partial charge on any atom is 0.472 e. The van der Waals surface area contributed by atoms with Crippen LogP contribution < -0.4 is 15.0 Å². The zero-order chi connectivity index (χ0) is 24.1. The van der Waals surface area contributed by atoms with Crippen LogP contribution in [0.2, 0.25) is 0 Å². The number of ether oxygens (including phenoxy) is 1. The van der Waals surface area contributed by atoms with Crippen LogP contribution in [0.1, 0.15) is 16.8 Å². The molecule has 34 heavy (non-hydrogen) atoms. The summed E-state index contributed by atoms with van der Waals surface area (Å²) < 4.78 is 41.0. The van der Waals surface area contributed by atoms with Gasteiger partial charge in [-0.3, -0.25) is 5.73 Å². The number of anilines is 1. The number of rotatable bonds is 9. The topological polar surface area (TPSA) is 158 Å². The van der Waals surface area contributed by atoms with Gasteiger partial charge >= 0.3 is 7.82 Å². The van der Waals surface area contributed by atoms with Crippen LogP contribution in [0.4, 0.5) is 10.2 Å². The van der Waals surface area contributed by atoms with Crippen LogP contribution >= 0.6 is 7.82 Å². The number of nitrogens with zero attached hydrogens (tertiary/aromatic N) is 4. The Morgan fingerprint density at radius 3 is 2.74 bits per heavy atom. The highest BCUT2D eigenvalue weighted by atomic mass is 31.2. The normalized spacial score (nSPS) is 11.5. The van der Waals surface area contributed by atoms with E-state index >= 15 is 0 Å². The third-order valence-electron chi connectivity index (χ3n) is 4.70. The molecule has 0 aromatic carbocycles. The number of hydrogen-bond donors (Lipinski definition) is 3. The van der Waals surface area contributed by atoms with Gasteiger partial charge in [0.1, 0.15) is 12.2 Å². The molecule has 0 saturated heterocycles. The summed E-state index contributed by atoms with van der Waals surface area (Å²) in [5.41, 5.74) is 8.66. The molecule has 0 amide bonds. The Bertz CT molecular complexity index is 1330. The van der Waals surface area contributed by atoms with Crippen LogP contribution in [0.3, 0.4) is 0 Å². The Morgan fingerprint density at radius 1 is 1.15 bits per heavy atom. The SMILES string of the molecule is Nc1c(-c2oncc2Cc2ccc(OCc3cccc(F)n3)nc2)ccc[n+]1COP(=O)(O)O. The van der Waals surface area contributed by atoms with Gasteiger partial charge in [0, 0.05) is 24.2 Å². The molecule has 0 spiro atoms. The van der Waals surface area contributed by atoms with Gasteiger partial charge in [-0.15, -0.1) is 0 Å². The van der Waals surface area contributed by atoms with Crippen molar-refractivity contribution >= 4 is 13.6 Å². The maximum atomic E-state index is 13.2. The van der Waals surface area contributed by atoms with E-state index in [9.17, 15) is 8.96 Å². The van der Waals surface area contributed by atoms with Gasteiger partial charge in [0.15, 0.2) is 5.76 Å². The summed E-state index contributed by atoms with van der Waals surface area (Å²) in [5.74, 6) is 0.369. The van der Waals surface area contributed by atoms with Gasteiger partial charge in [0.2, 0.25) is 18.6 Å². The Kier molecular flexibility index (Phi) is 6.94. The molecule has 4 aromatic heterocycles. The molecule has 4 rings (SSSR count). The van der Waals surface area contributed by atoms with Gasteiger partial charge in [0.25, 0.3) is 5.82 Å². The second kappa shape index (κ2) is 10.1. The van der Waals surface area contributed by atoms with Crippen molar-refractivity contribution in [1.82, 2.24) is 15.1 Å². The largest absolute Gasteiger partial charge is 0.472 e.